The molecule has 0 radical (unpaired) electrons. The number of carbonyl (C=O) groups excluding carboxylic acids is 1. The van der Waals surface area contributed by atoms with Crippen LogP contribution < -0.4 is 5.43 Å². The van der Waals surface area contributed by atoms with Crippen LogP contribution in [0.4, 0.5) is 4.79 Å². The Hall–Kier alpha value is -0.850. The van der Waals surface area contributed by atoms with E-state index in [1.165, 1.54) is 0 Å². The average Bonchev–Trinajstić information content (AvgIpc) is 2.72. The lowest BCUT2D eigenvalue weighted by Crippen LogP contribution is -2.58. The van der Waals surface area contributed by atoms with E-state index in [1.54, 1.807) is 0 Å². The summed E-state index contributed by atoms with van der Waals surface area (Å²) in [5.74, 6) is 0. The lowest BCUT2D eigenvalue weighted by atomic mass is 9.98. The van der Waals surface area contributed by atoms with Crippen molar-refractivity contribution in [3.05, 3.63) is 0 Å². The van der Waals surface area contributed by atoms with Gasteiger partial charge in [-0.1, -0.05) is 0 Å². The maximum Gasteiger partial charge on any atom is 0.410 e. The summed E-state index contributed by atoms with van der Waals surface area (Å²) in [7, 11) is 2.18. The van der Waals surface area contributed by atoms with E-state index in [0.717, 1.165) is 51.9 Å². The third kappa shape index (κ3) is 4.17. The number of amides is 1. The van der Waals surface area contributed by atoms with Gasteiger partial charge in [0.2, 0.25) is 0 Å². The van der Waals surface area contributed by atoms with Crippen LogP contribution >= 0.6 is 0 Å². The van der Waals surface area contributed by atoms with Crippen molar-refractivity contribution < 1.29 is 9.53 Å². The standard InChI is InChI=1S/C17H32N4O2/c1-17(2,3)23-16(22)21-14-5-6-15(21)12-13(11-14)18-20-9-7-19(4)8-10-20/h13-15,18H,5-12H2,1-4H3. The van der Waals surface area contributed by atoms with Crippen LogP contribution in [0.2, 0.25) is 0 Å². The molecular formula is C17H32N4O2. The Morgan fingerprint density at radius 2 is 1.61 bits per heavy atom. The van der Waals surface area contributed by atoms with Gasteiger partial charge in [-0.2, -0.15) is 0 Å². The summed E-state index contributed by atoms with van der Waals surface area (Å²) >= 11 is 0. The minimum Gasteiger partial charge on any atom is -0.444 e. The zero-order valence-electron chi connectivity index (χ0n) is 15.0. The number of fused-ring (bicyclic) bond motifs is 2. The highest BCUT2D eigenvalue weighted by atomic mass is 16.6. The predicted molar refractivity (Wildman–Crippen MR) is 90.1 cm³/mol. The van der Waals surface area contributed by atoms with E-state index in [4.69, 9.17) is 4.74 Å². The molecule has 0 aromatic rings. The first-order valence-electron chi connectivity index (χ1n) is 9.03. The van der Waals surface area contributed by atoms with Gasteiger partial charge >= 0.3 is 6.09 Å². The molecule has 3 aliphatic heterocycles. The summed E-state index contributed by atoms with van der Waals surface area (Å²) in [5.41, 5.74) is 3.30. The molecule has 132 valence electrons. The Morgan fingerprint density at radius 1 is 1.04 bits per heavy atom. The lowest BCUT2D eigenvalue weighted by molar-refractivity contribution is -0.00263. The van der Waals surface area contributed by atoms with E-state index < -0.39 is 5.60 Å². The van der Waals surface area contributed by atoms with E-state index >= 15 is 0 Å². The highest BCUT2D eigenvalue weighted by molar-refractivity contribution is 5.69. The van der Waals surface area contributed by atoms with Gasteiger partial charge in [-0.25, -0.2) is 9.80 Å². The number of carbonyl (C=O) groups is 1. The molecule has 0 saturated carbocycles. The third-order valence-corrected chi connectivity index (χ3v) is 5.21. The monoisotopic (exact) mass is 324 g/mol. The maximum absolute atomic E-state index is 12.5. The first-order valence-corrected chi connectivity index (χ1v) is 9.03. The molecule has 0 aromatic heterocycles. The topological polar surface area (TPSA) is 48.0 Å². The second kappa shape index (κ2) is 6.57. The van der Waals surface area contributed by atoms with E-state index in [-0.39, 0.29) is 6.09 Å². The molecule has 1 amide bonds. The second-order valence-corrected chi connectivity index (χ2v) is 8.36. The number of piperidine rings is 1. The summed E-state index contributed by atoms with van der Waals surface area (Å²) in [5, 5.41) is 2.37. The van der Waals surface area contributed by atoms with Crippen molar-refractivity contribution in [1.29, 1.82) is 0 Å². The fourth-order valence-electron chi connectivity index (χ4n) is 4.09. The molecule has 2 unspecified atom stereocenters. The molecule has 2 atom stereocenters. The van der Waals surface area contributed by atoms with Gasteiger partial charge in [-0.05, 0) is 53.5 Å². The number of ether oxygens (including phenoxy) is 1. The molecule has 23 heavy (non-hydrogen) atoms. The SMILES string of the molecule is CN1CCN(NC2CC3CCC(C2)N3C(=O)OC(C)(C)C)CC1. The third-order valence-electron chi connectivity index (χ3n) is 5.21. The Bertz CT molecular complexity index is 415. The van der Waals surface area contributed by atoms with Crippen molar-refractivity contribution in [3.63, 3.8) is 0 Å². The summed E-state index contributed by atoms with van der Waals surface area (Å²) < 4.78 is 5.61. The van der Waals surface area contributed by atoms with Gasteiger partial charge in [0.05, 0.1) is 0 Å². The van der Waals surface area contributed by atoms with Gasteiger partial charge in [-0.3, -0.25) is 5.43 Å². The van der Waals surface area contributed by atoms with Crippen molar-refractivity contribution in [3.8, 4) is 0 Å². The normalized spacial score (nSPS) is 33.0. The molecule has 3 heterocycles. The van der Waals surface area contributed by atoms with Crippen LogP contribution in [-0.4, -0.2) is 77.9 Å². The molecule has 3 fully saturated rings. The Balaban J connectivity index is 1.53. The molecule has 1 N–H and O–H groups in total. The number of hydrogen-bond donors (Lipinski definition) is 1. The highest BCUT2D eigenvalue weighted by Gasteiger charge is 2.45. The van der Waals surface area contributed by atoms with Crippen LogP contribution in [0.5, 0.6) is 0 Å². The number of hydrazine groups is 1. The van der Waals surface area contributed by atoms with Crippen molar-refractivity contribution in [2.45, 2.75) is 70.2 Å². The minimum atomic E-state index is -0.411. The summed E-state index contributed by atoms with van der Waals surface area (Å²) in [4.78, 5) is 16.9. The molecule has 2 bridgehead atoms. The molecule has 6 heteroatoms. The number of nitrogens with one attached hydrogen (secondary N) is 1. The molecule has 0 spiro atoms. The van der Waals surface area contributed by atoms with E-state index in [0.29, 0.717) is 18.1 Å². The van der Waals surface area contributed by atoms with Crippen molar-refractivity contribution >= 4 is 6.09 Å². The van der Waals surface area contributed by atoms with Crippen LogP contribution in [0.25, 0.3) is 0 Å². The van der Waals surface area contributed by atoms with Crippen molar-refractivity contribution in [2.24, 2.45) is 0 Å². The zero-order valence-corrected chi connectivity index (χ0v) is 15.0. The van der Waals surface area contributed by atoms with E-state index in [1.807, 2.05) is 25.7 Å². The fourth-order valence-corrected chi connectivity index (χ4v) is 4.09. The van der Waals surface area contributed by atoms with Crippen molar-refractivity contribution in [1.82, 2.24) is 20.2 Å². The Labute approximate surface area is 140 Å². The number of hydrogen-bond acceptors (Lipinski definition) is 5. The number of nitrogens with zero attached hydrogens (tertiary/aromatic N) is 3. The van der Waals surface area contributed by atoms with Gasteiger partial charge in [-0.15, -0.1) is 0 Å². The summed E-state index contributed by atoms with van der Waals surface area (Å²) in [6, 6.07) is 1.18. The van der Waals surface area contributed by atoms with Crippen LogP contribution in [-0.2, 0) is 4.74 Å². The van der Waals surface area contributed by atoms with Crippen molar-refractivity contribution in [2.75, 3.05) is 33.2 Å². The van der Waals surface area contributed by atoms with Gasteiger partial charge < -0.3 is 14.5 Å². The second-order valence-electron chi connectivity index (χ2n) is 8.36. The smallest absolute Gasteiger partial charge is 0.410 e. The number of likely N-dealkylation sites (N-methyl/N-ethyl adjacent to an activating group) is 1. The molecular weight excluding hydrogens is 292 g/mol. The molecule has 3 aliphatic rings. The van der Waals surface area contributed by atoms with E-state index in [2.05, 4.69) is 22.4 Å². The van der Waals surface area contributed by atoms with Gasteiger partial charge in [0.25, 0.3) is 0 Å². The minimum absolute atomic E-state index is 0.122. The van der Waals surface area contributed by atoms with Gasteiger partial charge in [0.1, 0.15) is 5.60 Å². The largest absolute Gasteiger partial charge is 0.444 e. The first kappa shape index (κ1) is 17.0. The Morgan fingerprint density at radius 3 is 2.13 bits per heavy atom. The molecule has 0 aromatic carbocycles. The number of piperazine rings is 1. The lowest BCUT2D eigenvalue weighted by Gasteiger charge is -2.42. The predicted octanol–water partition coefficient (Wildman–Crippen LogP) is 1.67. The fraction of sp³-hybridized carbons (Fsp3) is 0.941. The highest BCUT2D eigenvalue weighted by Crippen LogP contribution is 2.36. The van der Waals surface area contributed by atoms with Gasteiger partial charge in [0.15, 0.2) is 0 Å². The summed E-state index contributed by atoms with van der Waals surface area (Å²) in [6.07, 6.45) is 4.20. The molecule has 3 rings (SSSR count). The zero-order chi connectivity index (χ0) is 16.6. The average molecular weight is 324 g/mol. The van der Waals surface area contributed by atoms with Gasteiger partial charge in [0, 0.05) is 44.3 Å². The maximum atomic E-state index is 12.5. The molecule has 6 nitrogen and oxygen atoms in total. The Kier molecular flexibility index (Phi) is 4.85. The van der Waals surface area contributed by atoms with Crippen LogP contribution in [0.1, 0.15) is 46.5 Å². The molecule has 0 aliphatic carbocycles. The summed E-state index contributed by atoms with van der Waals surface area (Å²) in [6.45, 7) is 10.2. The van der Waals surface area contributed by atoms with E-state index in [9.17, 15) is 4.79 Å². The van der Waals surface area contributed by atoms with Crippen LogP contribution in [0.15, 0.2) is 0 Å². The van der Waals surface area contributed by atoms with Crippen LogP contribution in [0.3, 0.4) is 0 Å². The van der Waals surface area contributed by atoms with Crippen LogP contribution in [0, 0.1) is 0 Å². The quantitative estimate of drug-likeness (QED) is 0.837. The number of rotatable bonds is 2. The first-order chi connectivity index (χ1) is 10.8. The molecule has 3 saturated heterocycles.